The summed E-state index contributed by atoms with van der Waals surface area (Å²) in [6.45, 7) is -0.0529. The van der Waals surface area contributed by atoms with Gasteiger partial charge in [0.25, 0.3) is 5.91 Å². The lowest BCUT2D eigenvalue weighted by molar-refractivity contribution is -0.139. The SMILES string of the molecule is CC(N)c1cccc(OCC(=O)NCC(F)(F)F)c1. The topological polar surface area (TPSA) is 64.3 Å². The van der Waals surface area contributed by atoms with Crippen molar-refractivity contribution in [1.29, 1.82) is 0 Å². The Balaban J connectivity index is 2.44. The highest BCUT2D eigenvalue weighted by Crippen LogP contribution is 2.17. The lowest BCUT2D eigenvalue weighted by Crippen LogP contribution is -2.36. The van der Waals surface area contributed by atoms with Crippen molar-refractivity contribution in [2.24, 2.45) is 5.73 Å². The van der Waals surface area contributed by atoms with Crippen molar-refractivity contribution in [2.75, 3.05) is 13.2 Å². The summed E-state index contributed by atoms with van der Waals surface area (Å²) in [5, 5.41) is 1.72. The van der Waals surface area contributed by atoms with Crippen LogP contribution >= 0.6 is 0 Å². The van der Waals surface area contributed by atoms with Crippen molar-refractivity contribution in [1.82, 2.24) is 5.32 Å². The number of alkyl halides is 3. The molecule has 1 aromatic rings. The molecule has 1 rings (SSSR count). The van der Waals surface area contributed by atoms with Crippen molar-refractivity contribution < 1.29 is 22.7 Å². The van der Waals surface area contributed by atoms with Crippen LogP contribution in [0.15, 0.2) is 24.3 Å². The molecule has 0 saturated carbocycles. The predicted molar refractivity (Wildman–Crippen MR) is 63.6 cm³/mol. The molecule has 0 heterocycles. The summed E-state index contributed by atoms with van der Waals surface area (Å²) in [4.78, 5) is 11.1. The maximum absolute atomic E-state index is 11.9. The van der Waals surface area contributed by atoms with Crippen LogP contribution < -0.4 is 15.8 Å². The molecule has 19 heavy (non-hydrogen) atoms. The van der Waals surface area contributed by atoms with Crippen molar-refractivity contribution >= 4 is 5.91 Å². The average Bonchev–Trinajstić information content (AvgIpc) is 2.33. The number of carbonyl (C=O) groups excluding carboxylic acids is 1. The van der Waals surface area contributed by atoms with E-state index in [-0.39, 0.29) is 6.04 Å². The molecule has 0 aromatic heterocycles. The van der Waals surface area contributed by atoms with Crippen LogP contribution in [0.1, 0.15) is 18.5 Å². The molecule has 1 amide bonds. The smallest absolute Gasteiger partial charge is 0.405 e. The number of carbonyl (C=O) groups is 1. The number of hydrogen-bond acceptors (Lipinski definition) is 3. The second-order valence-electron chi connectivity index (χ2n) is 4.04. The molecule has 0 fully saturated rings. The van der Waals surface area contributed by atoms with Crippen LogP contribution in [0.25, 0.3) is 0 Å². The number of ether oxygens (including phenoxy) is 1. The van der Waals surface area contributed by atoms with Crippen molar-refractivity contribution in [3.8, 4) is 5.75 Å². The van der Waals surface area contributed by atoms with E-state index < -0.39 is 25.2 Å². The molecule has 7 heteroatoms. The number of halogens is 3. The van der Waals surface area contributed by atoms with Gasteiger partial charge in [-0.3, -0.25) is 4.79 Å². The summed E-state index contributed by atoms with van der Waals surface area (Å²) in [5.41, 5.74) is 6.49. The van der Waals surface area contributed by atoms with Gasteiger partial charge in [0.1, 0.15) is 12.3 Å². The maximum atomic E-state index is 11.9. The number of amides is 1. The Bertz CT molecular complexity index is 433. The maximum Gasteiger partial charge on any atom is 0.405 e. The van der Waals surface area contributed by atoms with Gasteiger partial charge in [-0.15, -0.1) is 0 Å². The molecule has 3 N–H and O–H groups in total. The molecular formula is C12H15F3N2O2. The monoisotopic (exact) mass is 276 g/mol. The van der Waals surface area contributed by atoms with E-state index in [1.54, 1.807) is 36.5 Å². The second-order valence-corrected chi connectivity index (χ2v) is 4.04. The van der Waals surface area contributed by atoms with Crippen LogP contribution in [0.2, 0.25) is 0 Å². The minimum atomic E-state index is -4.43. The van der Waals surface area contributed by atoms with Crippen LogP contribution in [-0.2, 0) is 4.79 Å². The molecule has 0 spiro atoms. The summed E-state index contributed by atoms with van der Waals surface area (Å²) >= 11 is 0. The number of nitrogens with one attached hydrogen (secondary N) is 1. The van der Waals surface area contributed by atoms with Crippen LogP contribution in [0.5, 0.6) is 5.75 Å². The molecule has 1 unspecified atom stereocenters. The van der Waals surface area contributed by atoms with Gasteiger partial charge < -0.3 is 15.8 Å². The molecule has 0 aliphatic heterocycles. The summed E-state index contributed by atoms with van der Waals surface area (Å²) < 4.78 is 40.6. The first-order chi connectivity index (χ1) is 8.78. The average molecular weight is 276 g/mol. The fourth-order valence-corrected chi connectivity index (χ4v) is 1.29. The minimum Gasteiger partial charge on any atom is -0.484 e. The van der Waals surface area contributed by atoms with Gasteiger partial charge in [-0.25, -0.2) is 0 Å². The van der Waals surface area contributed by atoms with E-state index in [9.17, 15) is 18.0 Å². The number of hydrogen-bond donors (Lipinski definition) is 2. The van der Waals surface area contributed by atoms with Gasteiger partial charge >= 0.3 is 6.18 Å². The Labute approximate surface area is 108 Å². The van der Waals surface area contributed by atoms with Crippen molar-refractivity contribution in [3.05, 3.63) is 29.8 Å². The third kappa shape index (κ3) is 6.10. The first-order valence-electron chi connectivity index (χ1n) is 5.60. The van der Waals surface area contributed by atoms with Gasteiger partial charge in [-0.1, -0.05) is 12.1 Å². The summed E-state index contributed by atoms with van der Waals surface area (Å²) in [5.74, 6) is -0.444. The first-order valence-corrected chi connectivity index (χ1v) is 5.60. The van der Waals surface area contributed by atoms with E-state index in [0.717, 1.165) is 5.56 Å². The lowest BCUT2D eigenvalue weighted by Gasteiger charge is -2.11. The minimum absolute atomic E-state index is 0.192. The Kier molecular flexibility index (Phi) is 5.17. The summed E-state index contributed by atoms with van der Waals surface area (Å²) in [6.07, 6.45) is -4.43. The van der Waals surface area contributed by atoms with Gasteiger partial charge in [0.05, 0.1) is 0 Å². The number of nitrogens with two attached hydrogens (primary N) is 1. The Hall–Kier alpha value is -1.76. The van der Waals surface area contributed by atoms with Gasteiger partial charge in [0, 0.05) is 6.04 Å². The fraction of sp³-hybridized carbons (Fsp3) is 0.417. The molecule has 1 aromatic carbocycles. The molecule has 106 valence electrons. The Morgan fingerprint density at radius 2 is 2.16 bits per heavy atom. The van der Waals surface area contributed by atoms with Crippen molar-refractivity contribution in [3.63, 3.8) is 0 Å². The normalized spacial score (nSPS) is 12.9. The lowest BCUT2D eigenvalue weighted by atomic mass is 10.1. The third-order valence-corrected chi connectivity index (χ3v) is 2.24. The standard InChI is InChI=1S/C12H15F3N2O2/c1-8(16)9-3-2-4-10(5-9)19-6-11(18)17-7-12(13,14)15/h2-5,8H,6-7,16H2,1H3,(H,17,18). The Morgan fingerprint density at radius 1 is 1.47 bits per heavy atom. The molecular weight excluding hydrogens is 261 g/mol. The van der Waals surface area contributed by atoms with Crippen LogP contribution in [0.4, 0.5) is 13.2 Å². The second kappa shape index (κ2) is 6.42. The predicted octanol–water partition coefficient (Wildman–Crippen LogP) is 1.76. The highest BCUT2D eigenvalue weighted by atomic mass is 19.4. The largest absolute Gasteiger partial charge is 0.484 e. The van der Waals surface area contributed by atoms with Crippen molar-refractivity contribution in [2.45, 2.75) is 19.1 Å². The molecule has 4 nitrogen and oxygen atoms in total. The van der Waals surface area contributed by atoms with E-state index in [4.69, 9.17) is 10.5 Å². The van der Waals surface area contributed by atoms with Gasteiger partial charge in [0.2, 0.25) is 0 Å². The van der Waals surface area contributed by atoms with Gasteiger partial charge in [-0.2, -0.15) is 13.2 Å². The Morgan fingerprint density at radius 3 is 2.74 bits per heavy atom. The van der Waals surface area contributed by atoms with E-state index in [2.05, 4.69) is 0 Å². The number of benzene rings is 1. The molecule has 0 saturated heterocycles. The van der Waals surface area contributed by atoms with Crippen LogP contribution in [0.3, 0.4) is 0 Å². The van der Waals surface area contributed by atoms with Gasteiger partial charge in [-0.05, 0) is 24.6 Å². The fourth-order valence-electron chi connectivity index (χ4n) is 1.29. The highest BCUT2D eigenvalue weighted by molar-refractivity contribution is 5.77. The molecule has 0 aliphatic carbocycles. The highest BCUT2D eigenvalue weighted by Gasteiger charge is 2.27. The summed E-state index contributed by atoms with van der Waals surface area (Å²) in [7, 11) is 0. The zero-order chi connectivity index (χ0) is 14.5. The number of rotatable bonds is 5. The third-order valence-electron chi connectivity index (χ3n) is 2.24. The summed E-state index contributed by atoms with van der Waals surface area (Å²) in [6, 6.07) is 6.54. The molecule has 0 radical (unpaired) electrons. The zero-order valence-electron chi connectivity index (χ0n) is 10.3. The zero-order valence-corrected chi connectivity index (χ0v) is 10.3. The van der Waals surface area contributed by atoms with Gasteiger partial charge in [0.15, 0.2) is 6.61 Å². The van der Waals surface area contributed by atoms with E-state index in [0.29, 0.717) is 5.75 Å². The molecule has 0 aliphatic rings. The van der Waals surface area contributed by atoms with E-state index in [1.807, 2.05) is 0 Å². The first kappa shape index (κ1) is 15.3. The molecule has 1 atom stereocenters. The van der Waals surface area contributed by atoms with Crippen LogP contribution in [-0.4, -0.2) is 25.2 Å². The van der Waals surface area contributed by atoms with Crippen LogP contribution in [0, 0.1) is 0 Å². The molecule has 0 bridgehead atoms. The quantitative estimate of drug-likeness (QED) is 0.861. The van der Waals surface area contributed by atoms with E-state index in [1.165, 1.54) is 0 Å². The van der Waals surface area contributed by atoms with E-state index >= 15 is 0 Å².